The summed E-state index contributed by atoms with van der Waals surface area (Å²) in [6.45, 7) is 1.97. The molecule has 2 N–H and O–H groups in total. The molecule has 2 aliphatic heterocycles. The fourth-order valence-electron chi connectivity index (χ4n) is 4.20. The van der Waals surface area contributed by atoms with Gasteiger partial charge in [0.2, 0.25) is 15.9 Å². The molecule has 3 aromatic rings. The second-order valence-corrected chi connectivity index (χ2v) is 10.7. The SMILES string of the molecule is O=C(Nc1ccc(C2=N[C@H](Cc3ccccc3)CO2)cc1)Nc1ccc(S(=O)(=O)N2CCOCC2)cc1. The highest BCUT2D eigenvalue weighted by Gasteiger charge is 2.26. The van der Waals surface area contributed by atoms with E-state index in [9.17, 15) is 13.2 Å². The molecule has 10 heteroatoms. The van der Waals surface area contributed by atoms with Gasteiger partial charge in [0.15, 0.2) is 0 Å². The van der Waals surface area contributed by atoms with E-state index >= 15 is 0 Å². The van der Waals surface area contributed by atoms with E-state index in [-0.39, 0.29) is 10.9 Å². The van der Waals surface area contributed by atoms with Crippen LogP contribution >= 0.6 is 0 Å². The van der Waals surface area contributed by atoms with Crippen molar-refractivity contribution in [3.63, 3.8) is 0 Å². The molecule has 0 aliphatic carbocycles. The van der Waals surface area contributed by atoms with Crippen LogP contribution in [0.25, 0.3) is 0 Å². The van der Waals surface area contributed by atoms with Crippen molar-refractivity contribution < 1.29 is 22.7 Å². The average Bonchev–Trinajstić information content (AvgIpc) is 3.39. The number of carbonyl (C=O) groups excluding carboxylic acids is 1. The molecule has 0 saturated carbocycles. The summed E-state index contributed by atoms with van der Waals surface area (Å²) in [5.41, 5.74) is 3.15. The average molecular weight is 521 g/mol. The molecule has 0 bridgehead atoms. The number of hydrogen-bond acceptors (Lipinski definition) is 6. The second kappa shape index (κ2) is 11.1. The van der Waals surface area contributed by atoms with Gasteiger partial charge in [-0.15, -0.1) is 0 Å². The lowest BCUT2D eigenvalue weighted by molar-refractivity contribution is 0.0730. The van der Waals surface area contributed by atoms with E-state index in [2.05, 4.69) is 22.8 Å². The third-order valence-electron chi connectivity index (χ3n) is 6.14. The van der Waals surface area contributed by atoms with E-state index in [0.717, 1.165) is 12.0 Å². The fraction of sp³-hybridized carbons (Fsp3) is 0.259. The summed E-state index contributed by atoms with van der Waals surface area (Å²) in [7, 11) is -3.58. The summed E-state index contributed by atoms with van der Waals surface area (Å²) in [5, 5.41) is 5.50. The molecule has 0 aromatic heterocycles. The number of nitrogens with zero attached hydrogens (tertiary/aromatic N) is 2. The predicted octanol–water partition coefficient (Wildman–Crippen LogP) is 3.74. The number of urea groups is 1. The monoisotopic (exact) mass is 520 g/mol. The number of anilines is 2. The van der Waals surface area contributed by atoms with Gasteiger partial charge in [-0.25, -0.2) is 18.2 Å². The Morgan fingerprint density at radius 2 is 1.51 bits per heavy atom. The molecule has 192 valence electrons. The van der Waals surface area contributed by atoms with Crippen LogP contribution in [-0.2, 0) is 25.9 Å². The number of aliphatic imine (C=N–C) groups is 1. The highest BCUT2D eigenvalue weighted by molar-refractivity contribution is 7.89. The first-order valence-electron chi connectivity index (χ1n) is 12.1. The van der Waals surface area contributed by atoms with Crippen molar-refractivity contribution in [2.24, 2.45) is 4.99 Å². The summed E-state index contributed by atoms with van der Waals surface area (Å²) < 4.78 is 37.9. The maximum Gasteiger partial charge on any atom is 0.323 e. The Morgan fingerprint density at radius 1 is 0.892 bits per heavy atom. The third-order valence-corrected chi connectivity index (χ3v) is 8.05. The van der Waals surface area contributed by atoms with Crippen molar-refractivity contribution in [1.82, 2.24) is 4.31 Å². The van der Waals surface area contributed by atoms with Gasteiger partial charge in [0.05, 0.1) is 24.2 Å². The largest absolute Gasteiger partial charge is 0.475 e. The van der Waals surface area contributed by atoms with E-state index in [4.69, 9.17) is 14.5 Å². The van der Waals surface area contributed by atoms with Gasteiger partial charge in [-0.2, -0.15) is 4.31 Å². The van der Waals surface area contributed by atoms with Crippen LogP contribution in [0.5, 0.6) is 0 Å². The number of ether oxygens (including phenoxy) is 2. The van der Waals surface area contributed by atoms with Crippen LogP contribution in [0.4, 0.5) is 16.2 Å². The Hall–Kier alpha value is -3.73. The van der Waals surface area contributed by atoms with Gasteiger partial charge in [-0.05, 0) is 60.5 Å². The summed E-state index contributed by atoms with van der Waals surface area (Å²) in [5.74, 6) is 0.601. The maximum atomic E-state index is 12.7. The number of rotatable bonds is 7. The topological polar surface area (TPSA) is 109 Å². The molecule has 1 fully saturated rings. The van der Waals surface area contributed by atoms with Crippen molar-refractivity contribution in [2.45, 2.75) is 17.4 Å². The zero-order valence-electron chi connectivity index (χ0n) is 20.2. The molecule has 2 heterocycles. The van der Waals surface area contributed by atoms with Gasteiger partial charge < -0.3 is 20.1 Å². The van der Waals surface area contributed by atoms with Crippen LogP contribution in [0, 0.1) is 0 Å². The van der Waals surface area contributed by atoms with Crippen LogP contribution in [0.1, 0.15) is 11.1 Å². The molecular weight excluding hydrogens is 492 g/mol. The van der Waals surface area contributed by atoms with Crippen LogP contribution in [0.2, 0.25) is 0 Å². The molecule has 1 saturated heterocycles. The second-order valence-electron chi connectivity index (χ2n) is 8.79. The Balaban J connectivity index is 1.15. The Bertz CT molecular complexity index is 1350. The molecule has 37 heavy (non-hydrogen) atoms. The van der Waals surface area contributed by atoms with Gasteiger partial charge in [0.25, 0.3) is 0 Å². The van der Waals surface area contributed by atoms with Gasteiger partial charge in [0.1, 0.15) is 6.61 Å². The number of nitrogens with one attached hydrogen (secondary N) is 2. The number of sulfonamides is 1. The van der Waals surface area contributed by atoms with E-state index in [1.807, 2.05) is 30.3 Å². The first kappa shape index (κ1) is 24.9. The number of amides is 2. The van der Waals surface area contributed by atoms with E-state index in [1.165, 1.54) is 22.0 Å². The summed E-state index contributed by atoms with van der Waals surface area (Å²) in [6, 6.07) is 23.2. The number of benzene rings is 3. The Kier molecular flexibility index (Phi) is 7.50. The molecule has 3 aromatic carbocycles. The van der Waals surface area contributed by atoms with E-state index in [0.29, 0.717) is 50.2 Å². The zero-order valence-corrected chi connectivity index (χ0v) is 21.0. The normalized spacial score (nSPS) is 18.1. The van der Waals surface area contributed by atoms with Crippen molar-refractivity contribution in [2.75, 3.05) is 43.5 Å². The molecule has 0 spiro atoms. The Labute approximate surface area is 216 Å². The maximum absolute atomic E-state index is 12.7. The van der Waals surface area contributed by atoms with Gasteiger partial charge in [0, 0.05) is 30.0 Å². The first-order valence-corrected chi connectivity index (χ1v) is 13.5. The third kappa shape index (κ3) is 6.16. The Morgan fingerprint density at radius 3 is 2.16 bits per heavy atom. The van der Waals surface area contributed by atoms with Gasteiger partial charge in [-0.3, -0.25) is 0 Å². The minimum Gasteiger partial charge on any atom is -0.475 e. The standard InChI is InChI=1S/C27H28N4O5S/c32-27(30-23-10-12-25(13-11-23)37(33,34)31-14-16-35-17-15-31)29-22-8-6-21(7-9-22)26-28-24(19-36-26)18-20-4-2-1-3-5-20/h1-13,24H,14-19H2,(H2,29,30,32)/t24-/m1/s1. The summed E-state index contributed by atoms with van der Waals surface area (Å²) in [4.78, 5) is 17.3. The van der Waals surface area contributed by atoms with Crippen molar-refractivity contribution in [1.29, 1.82) is 0 Å². The predicted molar refractivity (Wildman–Crippen MR) is 142 cm³/mol. The van der Waals surface area contributed by atoms with Crippen molar-refractivity contribution in [3.05, 3.63) is 90.0 Å². The summed E-state index contributed by atoms with van der Waals surface area (Å²) >= 11 is 0. The highest BCUT2D eigenvalue weighted by Crippen LogP contribution is 2.21. The van der Waals surface area contributed by atoms with E-state index in [1.54, 1.807) is 24.3 Å². The molecule has 2 aliphatic rings. The molecule has 9 nitrogen and oxygen atoms in total. The summed E-state index contributed by atoms with van der Waals surface area (Å²) in [6.07, 6.45) is 0.824. The van der Waals surface area contributed by atoms with Gasteiger partial charge >= 0.3 is 6.03 Å². The van der Waals surface area contributed by atoms with Crippen LogP contribution < -0.4 is 10.6 Å². The first-order chi connectivity index (χ1) is 18.0. The van der Waals surface area contributed by atoms with Crippen LogP contribution in [-0.4, -0.2) is 63.6 Å². The minimum absolute atomic E-state index is 0.0798. The molecule has 2 amide bonds. The van der Waals surface area contributed by atoms with Crippen LogP contribution in [0.3, 0.4) is 0 Å². The lowest BCUT2D eigenvalue weighted by Crippen LogP contribution is -2.40. The lowest BCUT2D eigenvalue weighted by atomic mass is 10.1. The molecule has 5 rings (SSSR count). The molecule has 0 unspecified atom stereocenters. The number of hydrogen-bond donors (Lipinski definition) is 2. The minimum atomic E-state index is -3.58. The molecule has 1 atom stereocenters. The van der Waals surface area contributed by atoms with Gasteiger partial charge in [-0.1, -0.05) is 30.3 Å². The number of morpholine rings is 1. The lowest BCUT2D eigenvalue weighted by Gasteiger charge is -2.26. The fourth-order valence-corrected chi connectivity index (χ4v) is 5.61. The number of carbonyl (C=O) groups is 1. The quantitative estimate of drug-likeness (QED) is 0.493. The molecular formula is C27H28N4O5S. The molecule has 0 radical (unpaired) electrons. The van der Waals surface area contributed by atoms with Crippen LogP contribution in [0.15, 0.2) is 88.8 Å². The smallest absolute Gasteiger partial charge is 0.323 e. The van der Waals surface area contributed by atoms with Crippen molar-refractivity contribution >= 4 is 33.3 Å². The van der Waals surface area contributed by atoms with E-state index < -0.39 is 16.1 Å². The highest BCUT2D eigenvalue weighted by atomic mass is 32.2. The van der Waals surface area contributed by atoms with Crippen molar-refractivity contribution in [3.8, 4) is 0 Å². The zero-order chi connectivity index (χ0) is 25.7.